The summed E-state index contributed by atoms with van der Waals surface area (Å²) >= 11 is 0. The Labute approximate surface area is 107 Å². The summed E-state index contributed by atoms with van der Waals surface area (Å²) in [5.41, 5.74) is 6.55. The molecule has 0 amide bonds. The van der Waals surface area contributed by atoms with E-state index < -0.39 is 0 Å². The molecule has 4 heteroatoms. The van der Waals surface area contributed by atoms with Crippen molar-refractivity contribution in [3.63, 3.8) is 0 Å². The number of aliphatic hydroxyl groups is 1. The summed E-state index contributed by atoms with van der Waals surface area (Å²) < 4.78 is 0. The summed E-state index contributed by atoms with van der Waals surface area (Å²) in [6.45, 7) is 1.13. The molecule has 1 aromatic heterocycles. The number of aromatic nitrogens is 1. The Kier molecular flexibility index (Phi) is 4.36. The molecule has 0 aliphatic rings. The van der Waals surface area contributed by atoms with E-state index in [9.17, 15) is 0 Å². The van der Waals surface area contributed by atoms with Gasteiger partial charge in [-0.1, -0.05) is 6.07 Å². The van der Waals surface area contributed by atoms with Crippen molar-refractivity contribution in [1.29, 1.82) is 0 Å². The molecule has 0 atom stereocenters. The van der Waals surface area contributed by atoms with Gasteiger partial charge in [-0.15, -0.1) is 0 Å². The summed E-state index contributed by atoms with van der Waals surface area (Å²) in [5.74, 6) is 0.879. The smallest absolute Gasteiger partial charge is 0.133 e. The van der Waals surface area contributed by atoms with E-state index in [1.165, 1.54) is 0 Å². The van der Waals surface area contributed by atoms with Crippen molar-refractivity contribution in [2.45, 2.75) is 19.3 Å². The predicted octanol–water partition coefficient (Wildman–Crippen LogP) is 2.39. The fourth-order valence-corrected chi connectivity index (χ4v) is 1.95. The number of nitrogens with one attached hydrogen (secondary N) is 1. The standard InChI is InChI=1S/C14H19N3O/c15-12-5-4-11-6-8-17-14(13(11)10-12)16-7-2-1-3-9-18/h4-6,8,10,18H,1-3,7,9,15H2,(H,16,17). The van der Waals surface area contributed by atoms with Gasteiger partial charge >= 0.3 is 0 Å². The highest BCUT2D eigenvalue weighted by Crippen LogP contribution is 2.23. The molecule has 0 saturated carbocycles. The molecular weight excluding hydrogens is 226 g/mol. The number of nitrogens with two attached hydrogens (primary N) is 1. The zero-order valence-corrected chi connectivity index (χ0v) is 10.4. The Bertz CT molecular complexity index is 513. The van der Waals surface area contributed by atoms with Gasteiger partial charge in [0, 0.05) is 30.4 Å². The van der Waals surface area contributed by atoms with Crippen LogP contribution in [0, 0.1) is 0 Å². The Balaban J connectivity index is 2.05. The van der Waals surface area contributed by atoms with Crippen LogP contribution in [0.2, 0.25) is 0 Å². The Morgan fingerprint density at radius 1 is 1.17 bits per heavy atom. The number of pyridine rings is 1. The fraction of sp³-hybridized carbons (Fsp3) is 0.357. The highest BCUT2D eigenvalue weighted by molar-refractivity contribution is 5.93. The Morgan fingerprint density at radius 2 is 2.06 bits per heavy atom. The van der Waals surface area contributed by atoms with E-state index in [0.717, 1.165) is 48.1 Å². The first-order chi connectivity index (χ1) is 8.81. The molecule has 0 aliphatic carbocycles. The molecular formula is C14H19N3O. The van der Waals surface area contributed by atoms with Crippen LogP contribution in [0.4, 0.5) is 11.5 Å². The number of anilines is 2. The number of rotatable bonds is 6. The molecule has 0 spiro atoms. The van der Waals surface area contributed by atoms with Crippen molar-refractivity contribution >= 4 is 22.3 Å². The lowest BCUT2D eigenvalue weighted by molar-refractivity contribution is 0.283. The first-order valence-electron chi connectivity index (χ1n) is 6.30. The number of nitrogens with zero attached hydrogens (tertiary/aromatic N) is 1. The van der Waals surface area contributed by atoms with E-state index in [1.54, 1.807) is 6.20 Å². The minimum absolute atomic E-state index is 0.267. The predicted molar refractivity (Wildman–Crippen MR) is 75.6 cm³/mol. The second-order valence-corrected chi connectivity index (χ2v) is 4.35. The first-order valence-corrected chi connectivity index (χ1v) is 6.30. The van der Waals surface area contributed by atoms with Crippen LogP contribution in [0.5, 0.6) is 0 Å². The molecule has 96 valence electrons. The normalized spacial score (nSPS) is 10.7. The maximum atomic E-state index is 8.71. The summed E-state index contributed by atoms with van der Waals surface area (Å²) in [5, 5.41) is 14.2. The van der Waals surface area contributed by atoms with Crippen LogP contribution in [-0.4, -0.2) is 23.2 Å². The number of hydrogen-bond donors (Lipinski definition) is 3. The van der Waals surface area contributed by atoms with Gasteiger partial charge in [0.1, 0.15) is 5.82 Å². The number of nitrogen functional groups attached to an aromatic ring is 1. The topological polar surface area (TPSA) is 71.2 Å². The van der Waals surface area contributed by atoms with E-state index >= 15 is 0 Å². The fourth-order valence-electron chi connectivity index (χ4n) is 1.95. The molecule has 18 heavy (non-hydrogen) atoms. The molecule has 0 saturated heterocycles. The number of unbranched alkanes of at least 4 members (excludes halogenated alkanes) is 2. The highest BCUT2D eigenvalue weighted by Gasteiger charge is 2.02. The van der Waals surface area contributed by atoms with Crippen LogP contribution in [0.3, 0.4) is 0 Å². The maximum absolute atomic E-state index is 8.71. The van der Waals surface area contributed by atoms with Gasteiger partial charge in [0.2, 0.25) is 0 Å². The summed E-state index contributed by atoms with van der Waals surface area (Å²) in [7, 11) is 0. The molecule has 0 unspecified atom stereocenters. The molecule has 2 aromatic rings. The van der Waals surface area contributed by atoms with E-state index in [1.807, 2.05) is 24.3 Å². The van der Waals surface area contributed by atoms with Crippen molar-refractivity contribution < 1.29 is 5.11 Å². The Morgan fingerprint density at radius 3 is 2.89 bits per heavy atom. The zero-order chi connectivity index (χ0) is 12.8. The van der Waals surface area contributed by atoms with Gasteiger partial charge in [0.15, 0.2) is 0 Å². The summed E-state index contributed by atoms with van der Waals surface area (Å²) in [4.78, 5) is 4.35. The second kappa shape index (κ2) is 6.21. The van der Waals surface area contributed by atoms with Crippen LogP contribution < -0.4 is 11.1 Å². The van der Waals surface area contributed by atoms with Gasteiger partial charge in [-0.2, -0.15) is 0 Å². The molecule has 4 N–H and O–H groups in total. The van der Waals surface area contributed by atoms with Crippen LogP contribution in [0.15, 0.2) is 30.5 Å². The third-order valence-corrected chi connectivity index (χ3v) is 2.92. The third-order valence-electron chi connectivity index (χ3n) is 2.92. The molecule has 4 nitrogen and oxygen atoms in total. The largest absolute Gasteiger partial charge is 0.399 e. The lowest BCUT2D eigenvalue weighted by atomic mass is 10.1. The van der Waals surface area contributed by atoms with Crippen molar-refractivity contribution in [3.05, 3.63) is 30.5 Å². The average molecular weight is 245 g/mol. The zero-order valence-electron chi connectivity index (χ0n) is 10.4. The average Bonchev–Trinajstić information content (AvgIpc) is 2.39. The van der Waals surface area contributed by atoms with Gasteiger partial charge in [-0.05, 0) is 42.8 Å². The third kappa shape index (κ3) is 3.11. The van der Waals surface area contributed by atoms with Crippen molar-refractivity contribution in [2.75, 3.05) is 24.2 Å². The number of aliphatic hydroxyl groups excluding tert-OH is 1. The molecule has 0 aliphatic heterocycles. The summed E-state index contributed by atoms with van der Waals surface area (Å²) in [6, 6.07) is 7.82. The lowest BCUT2D eigenvalue weighted by Crippen LogP contribution is -2.04. The van der Waals surface area contributed by atoms with Crippen LogP contribution in [0.25, 0.3) is 10.8 Å². The van der Waals surface area contributed by atoms with Crippen LogP contribution in [-0.2, 0) is 0 Å². The van der Waals surface area contributed by atoms with E-state index in [-0.39, 0.29) is 6.61 Å². The summed E-state index contributed by atoms with van der Waals surface area (Å²) in [6.07, 6.45) is 4.71. The monoisotopic (exact) mass is 245 g/mol. The maximum Gasteiger partial charge on any atom is 0.133 e. The molecule has 0 fully saturated rings. The molecule has 1 aromatic carbocycles. The SMILES string of the molecule is Nc1ccc2ccnc(NCCCCCO)c2c1. The van der Waals surface area contributed by atoms with E-state index in [2.05, 4.69) is 10.3 Å². The van der Waals surface area contributed by atoms with Crippen molar-refractivity contribution in [2.24, 2.45) is 0 Å². The molecule has 0 bridgehead atoms. The Hall–Kier alpha value is -1.81. The number of fused-ring (bicyclic) bond motifs is 1. The van der Waals surface area contributed by atoms with Gasteiger partial charge in [0.25, 0.3) is 0 Å². The first kappa shape index (κ1) is 12.6. The van der Waals surface area contributed by atoms with Crippen molar-refractivity contribution in [3.8, 4) is 0 Å². The quantitative estimate of drug-likeness (QED) is 0.540. The van der Waals surface area contributed by atoms with E-state index in [0.29, 0.717) is 0 Å². The molecule has 2 rings (SSSR count). The van der Waals surface area contributed by atoms with Crippen LogP contribution >= 0.6 is 0 Å². The van der Waals surface area contributed by atoms with Gasteiger partial charge < -0.3 is 16.2 Å². The van der Waals surface area contributed by atoms with Crippen LogP contribution in [0.1, 0.15) is 19.3 Å². The molecule has 1 heterocycles. The van der Waals surface area contributed by atoms with E-state index in [4.69, 9.17) is 10.8 Å². The second-order valence-electron chi connectivity index (χ2n) is 4.35. The lowest BCUT2D eigenvalue weighted by Gasteiger charge is -2.09. The van der Waals surface area contributed by atoms with Gasteiger partial charge in [-0.3, -0.25) is 0 Å². The minimum Gasteiger partial charge on any atom is -0.399 e. The molecule has 0 radical (unpaired) electrons. The number of benzene rings is 1. The highest BCUT2D eigenvalue weighted by atomic mass is 16.2. The van der Waals surface area contributed by atoms with Crippen molar-refractivity contribution in [1.82, 2.24) is 4.98 Å². The minimum atomic E-state index is 0.267. The van der Waals surface area contributed by atoms with Gasteiger partial charge in [-0.25, -0.2) is 4.98 Å². The van der Waals surface area contributed by atoms with Gasteiger partial charge in [0.05, 0.1) is 0 Å². The number of hydrogen-bond acceptors (Lipinski definition) is 4.